The van der Waals surface area contributed by atoms with Crippen LogP contribution in [0.3, 0.4) is 0 Å². The molecule has 1 amide bonds. The summed E-state index contributed by atoms with van der Waals surface area (Å²) in [4.78, 5) is 43.1. The standard InChI is InChI=1S/C21H18N4O3S/c1-24-20-16(19(27)25(21(24)28)13-14-6-3-2-4-7-14)10-17(29-20)18(26)23-12-15-8-5-9-22-11-15/h2-11H,12-13H2,1H3,(H,23,26). The van der Waals surface area contributed by atoms with Crippen molar-refractivity contribution in [3.8, 4) is 0 Å². The molecule has 1 aromatic carbocycles. The van der Waals surface area contributed by atoms with E-state index in [1.165, 1.54) is 9.13 Å². The van der Waals surface area contributed by atoms with Crippen molar-refractivity contribution in [2.45, 2.75) is 13.1 Å². The van der Waals surface area contributed by atoms with Crippen molar-refractivity contribution >= 4 is 27.5 Å². The summed E-state index contributed by atoms with van der Waals surface area (Å²) < 4.78 is 2.62. The summed E-state index contributed by atoms with van der Waals surface area (Å²) in [5.41, 5.74) is 0.931. The number of aryl methyl sites for hydroxylation is 1. The molecule has 146 valence electrons. The number of thiophene rings is 1. The third kappa shape index (κ3) is 3.74. The minimum absolute atomic E-state index is 0.181. The average molecular weight is 406 g/mol. The largest absolute Gasteiger partial charge is 0.347 e. The van der Waals surface area contributed by atoms with Gasteiger partial charge in [-0.05, 0) is 23.3 Å². The number of benzene rings is 1. The Kier molecular flexibility index (Phi) is 5.09. The van der Waals surface area contributed by atoms with Crippen LogP contribution in [0.5, 0.6) is 0 Å². The third-order valence-electron chi connectivity index (χ3n) is 4.59. The zero-order valence-corrected chi connectivity index (χ0v) is 16.5. The van der Waals surface area contributed by atoms with E-state index in [0.29, 0.717) is 21.6 Å². The van der Waals surface area contributed by atoms with Gasteiger partial charge in [-0.15, -0.1) is 11.3 Å². The maximum Gasteiger partial charge on any atom is 0.332 e. The number of hydrogen-bond acceptors (Lipinski definition) is 5. The van der Waals surface area contributed by atoms with Gasteiger partial charge in [0.05, 0.1) is 16.8 Å². The summed E-state index contributed by atoms with van der Waals surface area (Å²) >= 11 is 1.13. The van der Waals surface area contributed by atoms with E-state index in [-0.39, 0.29) is 12.5 Å². The lowest BCUT2D eigenvalue weighted by atomic mass is 10.2. The van der Waals surface area contributed by atoms with Crippen LogP contribution in [0.1, 0.15) is 20.8 Å². The molecule has 0 atom stereocenters. The molecule has 0 aliphatic rings. The van der Waals surface area contributed by atoms with Gasteiger partial charge in [-0.2, -0.15) is 0 Å². The Morgan fingerprint density at radius 2 is 1.86 bits per heavy atom. The molecule has 29 heavy (non-hydrogen) atoms. The van der Waals surface area contributed by atoms with Gasteiger partial charge in [-0.25, -0.2) is 4.79 Å². The molecule has 0 saturated carbocycles. The average Bonchev–Trinajstić information content (AvgIpc) is 3.21. The van der Waals surface area contributed by atoms with E-state index in [1.54, 1.807) is 31.6 Å². The first kappa shape index (κ1) is 18.8. The minimum atomic E-state index is -0.407. The summed E-state index contributed by atoms with van der Waals surface area (Å²) in [6.45, 7) is 0.513. The fourth-order valence-corrected chi connectivity index (χ4v) is 4.09. The minimum Gasteiger partial charge on any atom is -0.347 e. The number of carbonyl (C=O) groups is 1. The fourth-order valence-electron chi connectivity index (χ4n) is 3.07. The predicted molar refractivity (Wildman–Crippen MR) is 112 cm³/mol. The second-order valence-corrected chi connectivity index (χ2v) is 7.62. The summed E-state index contributed by atoms with van der Waals surface area (Å²) in [5, 5.41) is 3.18. The van der Waals surface area contributed by atoms with Gasteiger partial charge < -0.3 is 5.32 Å². The Balaban J connectivity index is 1.67. The van der Waals surface area contributed by atoms with Crippen molar-refractivity contribution < 1.29 is 4.79 Å². The second-order valence-electron chi connectivity index (χ2n) is 6.59. The summed E-state index contributed by atoms with van der Waals surface area (Å²) in [6.07, 6.45) is 3.34. The molecule has 0 saturated heterocycles. The molecular weight excluding hydrogens is 388 g/mol. The van der Waals surface area contributed by atoms with Crippen LogP contribution in [0.2, 0.25) is 0 Å². The summed E-state index contributed by atoms with van der Waals surface area (Å²) in [5.74, 6) is -0.295. The van der Waals surface area contributed by atoms with Crippen LogP contribution in [0.15, 0.2) is 70.5 Å². The van der Waals surface area contributed by atoms with E-state index in [1.807, 2.05) is 36.4 Å². The zero-order chi connectivity index (χ0) is 20.4. The number of nitrogens with one attached hydrogen (secondary N) is 1. The second kappa shape index (κ2) is 7.84. The lowest BCUT2D eigenvalue weighted by Crippen LogP contribution is -2.38. The molecule has 0 aliphatic heterocycles. The lowest BCUT2D eigenvalue weighted by Gasteiger charge is -2.08. The topological polar surface area (TPSA) is 86.0 Å². The highest BCUT2D eigenvalue weighted by Gasteiger charge is 2.18. The predicted octanol–water partition coefficient (Wildman–Crippen LogP) is 2.13. The van der Waals surface area contributed by atoms with Gasteiger partial charge in [0.25, 0.3) is 11.5 Å². The van der Waals surface area contributed by atoms with Crippen molar-refractivity contribution in [1.29, 1.82) is 0 Å². The molecule has 0 radical (unpaired) electrons. The van der Waals surface area contributed by atoms with Crippen LogP contribution < -0.4 is 16.6 Å². The van der Waals surface area contributed by atoms with Gasteiger partial charge in [0, 0.05) is 26.0 Å². The highest BCUT2D eigenvalue weighted by atomic mass is 32.1. The van der Waals surface area contributed by atoms with Gasteiger partial charge in [-0.3, -0.25) is 23.7 Å². The molecule has 4 aromatic rings. The van der Waals surface area contributed by atoms with Crippen molar-refractivity contribution in [3.63, 3.8) is 0 Å². The van der Waals surface area contributed by atoms with Crippen molar-refractivity contribution in [3.05, 3.63) is 97.8 Å². The Morgan fingerprint density at radius 3 is 2.59 bits per heavy atom. The molecule has 0 aliphatic carbocycles. The number of fused-ring (bicyclic) bond motifs is 1. The Morgan fingerprint density at radius 1 is 1.10 bits per heavy atom. The van der Waals surface area contributed by atoms with E-state index in [4.69, 9.17) is 0 Å². The van der Waals surface area contributed by atoms with Crippen LogP contribution in [0.4, 0.5) is 0 Å². The van der Waals surface area contributed by atoms with E-state index in [2.05, 4.69) is 10.3 Å². The van der Waals surface area contributed by atoms with Crippen LogP contribution in [0.25, 0.3) is 10.2 Å². The van der Waals surface area contributed by atoms with Crippen LogP contribution in [-0.2, 0) is 20.1 Å². The highest BCUT2D eigenvalue weighted by Crippen LogP contribution is 2.21. The van der Waals surface area contributed by atoms with E-state index >= 15 is 0 Å². The van der Waals surface area contributed by atoms with Crippen molar-refractivity contribution in [2.24, 2.45) is 7.05 Å². The Bertz CT molecular complexity index is 1290. The highest BCUT2D eigenvalue weighted by molar-refractivity contribution is 7.20. The normalized spacial score (nSPS) is 10.9. The smallest absolute Gasteiger partial charge is 0.332 e. The van der Waals surface area contributed by atoms with Crippen LogP contribution in [-0.4, -0.2) is 20.0 Å². The van der Waals surface area contributed by atoms with Gasteiger partial charge in [0.2, 0.25) is 0 Å². The monoisotopic (exact) mass is 406 g/mol. The molecular formula is C21H18N4O3S. The Labute approximate surface area is 169 Å². The molecule has 0 spiro atoms. The molecule has 7 nitrogen and oxygen atoms in total. The molecule has 4 rings (SSSR count). The molecule has 3 heterocycles. The lowest BCUT2D eigenvalue weighted by molar-refractivity contribution is 0.0955. The van der Waals surface area contributed by atoms with E-state index in [0.717, 1.165) is 22.5 Å². The molecule has 3 aromatic heterocycles. The summed E-state index contributed by atoms with van der Waals surface area (Å²) in [7, 11) is 1.61. The van der Waals surface area contributed by atoms with Crippen LogP contribution in [0, 0.1) is 0 Å². The maximum atomic E-state index is 12.9. The number of carbonyl (C=O) groups excluding carboxylic acids is 1. The van der Waals surface area contributed by atoms with Crippen LogP contribution >= 0.6 is 11.3 Å². The van der Waals surface area contributed by atoms with Crippen molar-refractivity contribution in [2.75, 3.05) is 0 Å². The first-order chi connectivity index (χ1) is 14.0. The van der Waals surface area contributed by atoms with Crippen molar-refractivity contribution in [1.82, 2.24) is 19.4 Å². The zero-order valence-electron chi connectivity index (χ0n) is 15.7. The molecule has 1 N–H and O–H groups in total. The molecule has 0 fully saturated rings. The quantitative estimate of drug-likeness (QED) is 0.550. The van der Waals surface area contributed by atoms with Gasteiger partial charge >= 0.3 is 5.69 Å². The molecule has 0 unspecified atom stereocenters. The maximum absolute atomic E-state index is 12.9. The third-order valence-corrected chi connectivity index (χ3v) is 5.80. The van der Waals surface area contributed by atoms with Gasteiger partial charge in [-0.1, -0.05) is 36.4 Å². The first-order valence-corrected chi connectivity index (χ1v) is 9.80. The number of aromatic nitrogens is 3. The number of hydrogen-bond donors (Lipinski definition) is 1. The molecule has 8 heteroatoms. The first-order valence-electron chi connectivity index (χ1n) is 8.99. The van der Waals surface area contributed by atoms with Gasteiger partial charge in [0.1, 0.15) is 4.83 Å². The fraction of sp³-hybridized carbons (Fsp3) is 0.143. The number of pyridine rings is 1. The Hall–Kier alpha value is -3.52. The SMILES string of the molecule is Cn1c(=O)n(Cc2ccccc2)c(=O)c2cc(C(=O)NCc3cccnc3)sc21. The van der Waals surface area contributed by atoms with E-state index in [9.17, 15) is 14.4 Å². The van der Waals surface area contributed by atoms with E-state index < -0.39 is 11.2 Å². The number of nitrogens with zero attached hydrogens (tertiary/aromatic N) is 3. The summed E-state index contributed by atoms with van der Waals surface area (Å²) in [6, 6.07) is 14.5. The number of amides is 1. The van der Waals surface area contributed by atoms with Gasteiger partial charge in [0.15, 0.2) is 0 Å². The molecule has 0 bridgehead atoms. The number of rotatable bonds is 5.